The number of fused-ring (bicyclic) bond motifs is 2. The van der Waals surface area contributed by atoms with E-state index in [0.717, 1.165) is 10.9 Å². The highest BCUT2D eigenvalue weighted by Gasteiger charge is 2.47. The summed E-state index contributed by atoms with van der Waals surface area (Å²) in [5.41, 5.74) is 8.03. The van der Waals surface area contributed by atoms with Crippen LogP contribution in [0.4, 0.5) is 11.4 Å². The van der Waals surface area contributed by atoms with Crippen molar-refractivity contribution in [3.63, 3.8) is 0 Å². The molecule has 1 saturated heterocycles. The SMILES string of the molecule is CC(=O)N[C@@H]1[C@H](OCc2ccccc2)O[C@@H](CO)[C@@H](O)[C@@H]1OCC(=O)N[C@@H](C)C(=O)N[C@H](CCC(=O)NCCCCNc1c2ccccc2nc2cccc([N+](=O)[O-])c12)C(N)=O. The lowest BCUT2D eigenvalue weighted by Gasteiger charge is -2.44. The van der Waals surface area contributed by atoms with Crippen LogP contribution in [-0.4, -0.2) is 119 Å². The number of hydrogen-bond acceptors (Lipinski definition) is 14. The number of carbonyl (C=O) groups is 5. The number of primary amides is 1. The van der Waals surface area contributed by atoms with E-state index in [2.05, 4.69) is 31.6 Å². The molecule has 20 heteroatoms. The van der Waals surface area contributed by atoms with Crippen molar-refractivity contribution < 1.29 is 53.3 Å². The van der Waals surface area contributed by atoms with Crippen molar-refractivity contribution in [1.82, 2.24) is 26.3 Å². The van der Waals surface area contributed by atoms with Crippen LogP contribution in [0, 0.1) is 10.1 Å². The second-order valence-electron chi connectivity index (χ2n) is 14.7. The smallest absolute Gasteiger partial charge is 0.280 e. The van der Waals surface area contributed by atoms with Crippen LogP contribution in [0.5, 0.6) is 0 Å². The number of benzene rings is 3. The molecule has 1 aliphatic rings. The molecule has 0 spiro atoms. The molecule has 3 aromatic carbocycles. The maximum Gasteiger partial charge on any atom is 0.280 e. The van der Waals surface area contributed by atoms with E-state index in [-0.39, 0.29) is 31.0 Å². The Bertz CT molecular complexity index is 2210. The van der Waals surface area contributed by atoms with E-state index in [9.17, 15) is 44.3 Å². The summed E-state index contributed by atoms with van der Waals surface area (Å²) in [5, 5.41) is 47.4. The summed E-state index contributed by atoms with van der Waals surface area (Å²) < 4.78 is 17.4. The Morgan fingerprint density at radius 2 is 1.65 bits per heavy atom. The van der Waals surface area contributed by atoms with Crippen LogP contribution < -0.4 is 32.3 Å². The molecule has 9 N–H and O–H groups in total. The standard InChI is InChI=1S/C42H52N8O12/c1-24(46-34(54)23-60-39-37(47-25(2)52)42(62-32(21-51)38(39)55)61-22-26-11-4-3-5-12-26)41(57)49-30(40(43)56)17-18-33(53)44-19-8-9-20-45-36-27-13-6-7-14-28(27)48-29-15-10-16-31(35(29)36)50(58)59/h3-7,10-16,24,30,32,37-39,42,51,55H,8-9,17-23H2,1-2H3,(H2,43,56)(H,44,53)(H,45,48)(H,46,54)(H,47,52)(H,49,57)/t24-,30+,32-,37-,38+,39+,42+/m0/s1. The largest absolute Gasteiger partial charge is 0.394 e. The van der Waals surface area contributed by atoms with Gasteiger partial charge >= 0.3 is 0 Å². The highest BCUT2D eigenvalue weighted by Crippen LogP contribution is 2.36. The van der Waals surface area contributed by atoms with Crippen molar-refractivity contribution in [2.45, 2.75) is 88.9 Å². The molecule has 1 fully saturated rings. The molecule has 4 aromatic rings. The van der Waals surface area contributed by atoms with E-state index in [1.54, 1.807) is 12.1 Å². The van der Waals surface area contributed by atoms with Crippen LogP contribution in [0.15, 0.2) is 72.8 Å². The lowest BCUT2D eigenvalue weighted by Crippen LogP contribution is -2.65. The second kappa shape index (κ2) is 22.5. The van der Waals surface area contributed by atoms with E-state index in [4.69, 9.17) is 19.9 Å². The number of pyridine rings is 1. The first-order chi connectivity index (χ1) is 29.8. The van der Waals surface area contributed by atoms with Crippen molar-refractivity contribution >= 4 is 62.7 Å². The maximum absolute atomic E-state index is 13.0. The summed E-state index contributed by atoms with van der Waals surface area (Å²) in [7, 11) is 0. The molecule has 0 bridgehead atoms. The number of rotatable bonds is 22. The lowest BCUT2D eigenvalue weighted by molar-refractivity contribution is -0.383. The molecule has 62 heavy (non-hydrogen) atoms. The zero-order valence-electron chi connectivity index (χ0n) is 34.3. The summed E-state index contributed by atoms with van der Waals surface area (Å²) in [4.78, 5) is 78.9. The summed E-state index contributed by atoms with van der Waals surface area (Å²) in [6, 6.07) is 17.6. The van der Waals surface area contributed by atoms with Gasteiger partial charge in [-0.1, -0.05) is 54.6 Å². The number of aliphatic hydroxyl groups is 2. The molecule has 1 aromatic heterocycles. The van der Waals surface area contributed by atoms with Crippen LogP contribution in [0.3, 0.4) is 0 Å². The lowest BCUT2D eigenvalue weighted by atomic mass is 9.96. The number of nitrogens with two attached hydrogens (primary N) is 1. The number of anilines is 1. The number of nitro benzene ring substituents is 1. The van der Waals surface area contributed by atoms with Crippen LogP contribution >= 0.6 is 0 Å². The van der Waals surface area contributed by atoms with Gasteiger partial charge in [-0.2, -0.15) is 0 Å². The number of amides is 5. The number of para-hydroxylation sites is 1. The second-order valence-corrected chi connectivity index (χ2v) is 14.7. The number of aromatic nitrogens is 1. The van der Waals surface area contributed by atoms with Crippen LogP contribution in [-0.2, 0) is 44.8 Å². The number of ether oxygens (including phenoxy) is 3. The molecule has 0 radical (unpaired) electrons. The topological polar surface area (TPSA) is 296 Å². The Hall–Kier alpha value is -6.32. The van der Waals surface area contributed by atoms with Crippen LogP contribution in [0.2, 0.25) is 0 Å². The van der Waals surface area contributed by atoms with Gasteiger partial charge in [-0.15, -0.1) is 0 Å². The van der Waals surface area contributed by atoms with Crippen LogP contribution in [0.1, 0.15) is 45.1 Å². The van der Waals surface area contributed by atoms with Gasteiger partial charge in [0.25, 0.3) is 5.69 Å². The first kappa shape index (κ1) is 46.7. The van der Waals surface area contributed by atoms with Crippen LogP contribution in [0.25, 0.3) is 21.8 Å². The van der Waals surface area contributed by atoms with E-state index in [1.807, 2.05) is 54.6 Å². The number of hydrogen-bond donors (Lipinski definition) is 8. The van der Waals surface area contributed by atoms with Gasteiger partial charge in [0.1, 0.15) is 48.4 Å². The Morgan fingerprint density at radius 1 is 0.935 bits per heavy atom. The number of nitrogens with zero attached hydrogens (tertiary/aromatic N) is 2. The molecule has 0 saturated carbocycles. The first-order valence-corrected chi connectivity index (χ1v) is 20.1. The Balaban J connectivity index is 1.05. The normalized spacial score (nSPS) is 19.5. The van der Waals surface area contributed by atoms with Crippen molar-refractivity contribution in [2.75, 3.05) is 31.6 Å². The molecule has 2 heterocycles. The van der Waals surface area contributed by atoms with Gasteiger partial charge in [0.2, 0.25) is 29.5 Å². The number of non-ortho nitro benzene ring substituents is 1. The van der Waals surface area contributed by atoms with Gasteiger partial charge in [0, 0.05) is 37.9 Å². The average molecular weight is 861 g/mol. The molecule has 7 atom stereocenters. The van der Waals surface area contributed by atoms with Gasteiger partial charge in [-0.3, -0.25) is 34.1 Å². The third kappa shape index (κ3) is 12.6. The average Bonchev–Trinajstić information content (AvgIpc) is 3.25. The molecule has 5 amide bonds. The molecule has 0 unspecified atom stereocenters. The van der Waals surface area contributed by atoms with Crippen molar-refractivity contribution in [3.05, 3.63) is 88.5 Å². The number of carbonyl (C=O) groups excluding carboxylic acids is 5. The Kier molecular flexibility index (Phi) is 17.0. The van der Waals surface area contributed by atoms with Crippen molar-refractivity contribution in [2.24, 2.45) is 5.73 Å². The van der Waals surface area contributed by atoms with Gasteiger partial charge in [-0.25, -0.2) is 4.98 Å². The molecule has 5 rings (SSSR count). The molecule has 332 valence electrons. The summed E-state index contributed by atoms with van der Waals surface area (Å²) in [6.45, 7) is 2.10. The zero-order chi connectivity index (χ0) is 44.8. The van der Waals surface area contributed by atoms with E-state index in [1.165, 1.54) is 19.9 Å². The fourth-order valence-corrected chi connectivity index (χ4v) is 6.97. The van der Waals surface area contributed by atoms with Gasteiger partial charge in [0.15, 0.2) is 6.29 Å². The fourth-order valence-electron chi connectivity index (χ4n) is 6.97. The Labute approximate surface area is 356 Å². The summed E-state index contributed by atoms with van der Waals surface area (Å²) >= 11 is 0. The minimum atomic E-state index is -1.49. The van der Waals surface area contributed by atoms with E-state index >= 15 is 0 Å². The number of unbranched alkanes of at least 4 members (excludes halogenated alkanes) is 1. The van der Waals surface area contributed by atoms with E-state index in [0.29, 0.717) is 48.0 Å². The predicted molar refractivity (Wildman–Crippen MR) is 225 cm³/mol. The quantitative estimate of drug-likeness (QED) is 0.0237. The molecule has 20 nitrogen and oxygen atoms in total. The van der Waals surface area contributed by atoms with Gasteiger partial charge in [0.05, 0.1) is 34.9 Å². The summed E-state index contributed by atoms with van der Waals surface area (Å²) in [6.07, 6.45) is -4.22. The van der Waals surface area contributed by atoms with Crippen molar-refractivity contribution in [3.8, 4) is 0 Å². The molecule has 1 aliphatic heterocycles. The molecular weight excluding hydrogens is 809 g/mol. The van der Waals surface area contributed by atoms with Crippen molar-refractivity contribution in [1.29, 1.82) is 0 Å². The minimum Gasteiger partial charge on any atom is -0.394 e. The third-order valence-electron chi connectivity index (χ3n) is 10.1. The monoisotopic (exact) mass is 860 g/mol. The highest BCUT2D eigenvalue weighted by atomic mass is 16.7. The van der Waals surface area contributed by atoms with E-state index < -0.39 is 84.5 Å². The maximum atomic E-state index is 13.0. The molecule has 0 aliphatic carbocycles. The van der Waals surface area contributed by atoms with Gasteiger partial charge < -0.3 is 56.7 Å². The predicted octanol–water partition coefficient (Wildman–Crippen LogP) is 1.04. The number of nitrogens with one attached hydrogen (secondary N) is 5. The Morgan fingerprint density at radius 3 is 2.35 bits per heavy atom. The number of aliphatic hydroxyl groups excluding tert-OH is 2. The fraction of sp³-hybridized carbons (Fsp3) is 0.429. The zero-order valence-corrected chi connectivity index (χ0v) is 34.3. The first-order valence-electron chi connectivity index (χ1n) is 20.1. The summed E-state index contributed by atoms with van der Waals surface area (Å²) in [5.74, 6) is -3.34. The third-order valence-corrected chi connectivity index (χ3v) is 10.1. The number of nitro groups is 1. The minimum absolute atomic E-state index is 0.0608. The van der Waals surface area contributed by atoms with Gasteiger partial charge in [-0.05, 0) is 43.9 Å². The molecular formula is C42H52N8O12. The highest BCUT2D eigenvalue weighted by molar-refractivity contribution is 6.11.